The summed E-state index contributed by atoms with van der Waals surface area (Å²) >= 11 is 0. The number of carbonyl (C=O) groups excluding carboxylic acids is 1. The van der Waals surface area contributed by atoms with Crippen LogP contribution in [0.15, 0.2) is 42.5 Å². The number of anilines is 2. The van der Waals surface area contributed by atoms with Crippen LogP contribution < -0.4 is 11.1 Å². The maximum atomic E-state index is 13.6. The number of halogens is 1. The Morgan fingerprint density at radius 1 is 1.22 bits per heavy atom. The van der Waals surface area contributed by atoms with Crippen LogP contribution in [-0.2, 0) is 0 Å². The van der Waals surface area contributed by atoms with Crippen molar-refractivity contribution in [2.75, 3.05) is 11.1 Å². The highest BCUT2D eigenvalue weighted by Crippen LogP contribution is 2.15. The Bertz CT molecular complexity index is 596. The van der Waals surface area contributed by atoms with E-state index in [2.05, 4.69) is 5.32 Å². The average Bonchev–Trinajstić information content (AvgIpc) is 2.28. The maximum Gasteiger partial charge on any atom is 0.258 e. The molecule has 0 atom stereocenters. The van der Waals surface area contributed by atoms with Gasteiger partial charge in [0.1, 0.15) is 5.82 Å². The van der Waals surface area contributed by atoms with E-state index in [1.165, 1.54) is 12.1 Å². The summed E-state index contributed by atoms with van der Waals surface area (Å²) in [5.41, 5.74) is 7.47. The molecule has 4 heteroatoms. The zero-order valence-corrected chi connectivity index (χ0v) is 9.91. The number of aryl methyl sites for hydroxylation is 1. The number of nitrogen functional groups attached to an aromatic ring is 1. The van der Waals surface area contributed by atoms with Gasteiger partial charge < -0.3 is 11.1 Å². The summed E-state index contributed by atoms with van der Waals surface area (Å²) < 4.78 is 13.6. The highest BCUT2D eigenvalue weighted by Gasteiger charge is 2.11. The summed E-state index contributed by atoms with van der Waals surface area (Å²) in [5.74, 6) is -1.02. The first-order chi connectivity index (χ1) is 8.56. The lowest BCUT2D eigenvalue weighted by Gasteiger charge is -2.07. The van der Waals surface area contributed by atoms with E-state index in [0.717, 1.165) is 5.56 Å². The molecule has 0 aliphatic rings. The van der Waals surface area contributed by atoms with Gasteiger partial charge in [0.2, 0.25) is 0 Å². The van der Waals surface area contributed by atoms with E-state index in [-0.39, 0.29) is 5.56 Å². The summed E-state index contributed by atoms with van der Waals surface area (Å²) in [6.07, 6.45) is 0. The minimum atomic E-state index is -0.531. The molecule has 0 spiro atoms. The molecule has 2 aromatic rings. The molecule has 0 saturated heterocycles. The number of amides is 1. The highest BCUT2D eigenvalue weighted by molar-refractivity contribution is 6.04. The molecule has 1 amide bonds. The number of carbonyl (C=O) groups is 1. The van der Waals surface area contributed by atoms with E-state index in [1.54, 1.807) is 37.3 Å². The molecule has 0 bridgehead atoms. The lowest BCUT2D eigenvalue weighted by molar-refractivity contribution is 0.102. The smallest absolute Gasteiger partial charge is 0.258 e. The van der Waals surface area contributed by atoms with Crippen LogP contribution in [0.1, 0.15) is 15.9 Å². The molecule has 0 fully saturated rings. The third-order valence-corrected chi connectivity index (χ3v) is 2.51. The van der Waals surface area contributed by atoms with Crippen LogP contribution in [0, 0.1) is 12.7 Å². The van der Waals surface area contributed by atoms with Crippen molar-refractivity contribution in [2.45, 2.75) is 6.92 Å². The van der Waals surface area contributed by atoms with Gasteiger partial charge in [-0.05, 0) is 42.8 Å². The Labute approximate surface area is 104 Å². The molecule has 0 saturated carbocycles. The van der Waals surface area contributed by atoms with Crippen LogP contribution >= 0.6 is 0 Å². The molecule has 3 N–H and O–H groups in total. The average molecular weight is 244 g/mol. The zero-order valence-electron chi connectivity index (χ0n) is 9.91. The monoisotopic (exact) mass is 244 g/mol. The van der Waals surface area contributed by atoms with Gasteiger partial charge in [-0.25, -0.2) is 4.39 Å². The Morgan fingerprint density at radius 2 is 2.00 bits per heavy atom. The van der Waals surface area contributed by atoms with Crippen molar-refractivity contribution in [1.82, 2.24) is 0 Å². The Morgan fingerprint density at radius 3 is 2.67 bits per heavy atom. The van der Waals surface area contributed by atoms with Crippen molar-refractivity contribution in [2.24, 2.45) is 0 Å². The summed E-state index contributed by atoms with van der Waals surface area (Å²) in [5, 5.41) is 2.60. The normalized spacial score (nSPS) is 10.1. The molecule has 0 aliphatic heterocycles. The molecule has 2 aromatic carbocycles. The first-order valence-electron chi connectivity index (χ1n) is 5.49. The van der Waals surface area contributed by atoms with E-state index in [1.807, 2.05) is 0 Å². The van der Waals surface area contributed by atoms with Gasteiger partial charge in [-0.15, -0.1) is 0 Å². The first-order valence-corrected chi connectivity index (χ1v) is 5.49. The number of hydrogen-bond donors (Lipinski definition) is 2. The second kappa shape index (κ2) is 4.87. The van der Waals surface area contributed by atoms with Crippen molar-refractivity contribution in [1.29, 1.82) is 0 Å². The van der Waals surface area contributed by atoms with Crippen molar-refractivity contribution >= 4 is 17.3 Å². The van der Waals surface area contributed by atoms with Crippen LogP contribution in [0.25, 0.3) is 0 Å². The van der Waals surface area contributed by atoms with Crippen LogP contribution in [0.2, 0.25) is 0 Å². The second-order valence-electron chi connectivity index (χ2n) is 4.06. The van der Waals surface area contributed by atoms with Crippen LogP contribution in [0.5, 0.6) is 0 Å². The lowest BCUT2D eigenvalue weighted by Crippen LogP contribution is -2.13. The highest BCUT2D eigenvalue weighted by atomic mass is 19.1. The van der Waals surface area contributed by atoms with E-state index in [9.17, 15) is 9.18 Å². The van der Waals surface area contributed by atoms with Crippen molar-refractivity contribution in [3.63, 3.8) is 0 Å². The standard InChI is InChI=1S/C14H13FN2O/c1-9-5-6-12(13(15)7-9)14(18)17-11-4-2-3-10(16)8-11/h2-8H,16H2,1H3,(H,17,18). The van der Waals surface area contributed by atoms with E-state index in [0.29, 0.717) is 11.4 Å². The second-order valence-corrected chi connectivity index (χ2v) is 4.06. The number of rotatable bonds is 2. The summed E-state index contributed by atoms with van der Waals surface area (Å²) in [6.45, 7) is 1.77. The van der Waals surface area contributed by atoms with Gasteiger partial charge in [-0.1, -0.05) is 12.1 Å². The Kier molecular flexibility index (Phi) is 3.28. The van der Waals surface area contributed by atoms with Gasteiger partial charge >= 0.3 is 0 Å². The van der Waals surface area contributed by atoms with Gasteiger partial charge in [0.15, 0.2) is 0 Å². The van der Waals surface area contributed by atoms with Crippen LogP contribution in [0.4, 0.5) is 15.8 Å². The van der Waals surface area contributed by atoms with Crippen LogP contribution in [-0.4, -0.2) is 5.91 Å². The minimum absolute atomic E-state index is 0.0167. The van der Waals surface area contributed by atoms with E-state index >= 15 is 0 Å². The molecular weight excluding hydrogens is 231 g/mol. The quantitative estimate of drug-likeness (QED) is 0.798. The van der Waals surface area contributed by atoms with Gasteiger partial charge in [0, 0.05) is 11.4 Å². The number of nitrogens with one attached hydrogen (secondary N) is 1. The molecule has 0 aliphatic carbocycles. The zero-order chi connectivity index (χ0) is 13.1. The molecule has 0 heterocycles. The molecule has 92 valence electrons. The van der Waals surface area contributed by atoms with Crippen molar-refractivity contribution in [3.05, 3.63) is 59.4 Å². The molecule has 18 heavy (non-hydrogen) atoms. The summed E-state index contributed by atoms with van der Waals surface area (Å²) in [6, 6.07) is 11.2. The molecule has 0 unspecified atom stereocenters. The predicted octanol–water partition coefficient (Wildman–Crippen LogP) is 2.97. The Balaban J connectivity index is 2.22. The summed E-state index contributed by atoms with van der Waals surface area (Å²) in [4.78, 5) is 11.9. The predicted molar refractivity (Wildman–Crippen MR) is 69.9 cm³/mol. The third-order valence-electron chi connectivity index (χ3n) is 2.51. The Hall–Kier alpha value is -2.36. The SMILES string of the molecule is Cc1ccc(C(=O)Nc2cccc(N)c2)c(F)c1. The van der Waals surface area contributed by atoms with Crippen molar-refractivity contribution in [3.8, 4) is 0 Å². The number of nitrogens with two attached hydrogens (primary N) is 1. The van der Waals surface area contributed by atoms with Gasteiger partial charge in [0.05, 0.1) is 5.56 Å². The van der Waals surface area contributed by atoms with Gasteiger partial charge in [0.25, 0.3) is 5.91 Å². The molecule has 0 radical (unpaired) electrons. The molecule has 0 aromatic heterocycles. The lowest BCUT2D eigenvalue weighted by atomic mass is 10.1. The topological polar surface area (TPSA) is 55.1 Å². The fourth-order valence-corrected chi connectivity index (χ4v) is 1.62. The molecule has 2 rings (SSSR count). The fraction of sp³-hybridized carbons (Fsp3) is 0.0714. The molecular formula is C14H13FN2O. The van der Waals surface area contributed by atoms with Gasteiger partial charge in [-0.2, -0.15) is 0 Å². The molecule has 3 nitrogen and oxygen atoms in total. The number of benzene rings is 2. The largest absolute Gasteiger partial charge is 0.399 e. The van der Waals surface area contributed by atoms with E-state index < -0.39 is 11.7 Å². The first kappa shape index (κ1) is 12.1. The van der Waals surface area contributed by atoms with Crippen LogP contribution in [0.3, 0.4) is 0 Å². The fourth-order valence-electron chi connectivity index (χ4n) is 1.62. The maximum absolute atomic E-state index is 13.6. The number of hydrogen-bond acceptors (Lipinski definition) is 2. The van der Waals surface area contributed by atoms with Crippen molar-refractivity contribution < 1.29 is 9.18 Å². The minimum Gasteiger partial charge on any atom is -0.399 e. The third kappa shape index (κ3) is 2.66. The summed E-state index contributed by atoms with van der Waals surface area (Å²) in [7, 11) is 0. The van der Waals surface area contributed by atoms with E-state index in [4.69, 9.17) is 5.73 Å². The van der Waals surface area contributed by atoms with Gasteiger partial charge in [-0.3, -0.25) is 4.79 Å².